The lowest BCUT2D eigenvalue weighted by molar-refractivity contribution is -0.928. The topological polar surface area (TPSA) is 86.6 Å². The van der Waals surface area contributed by atoms with Gasteiger partial charge in [0.2, 0.25) is 4.77 Å². The Balaban J connectivity index is 1.86. The third-order valence-corrected chi connectivity index (χ3v) is 4.94. The highest BCUT2D eigenvalue weighted by molar-refractivity contribution is 7.71. The molecule has 0 amide bonds. The summed E-state index contributed by atoms with van der Waals surface area (Å²) in [5.74, 6) is -0.333. The number of carbonyl (C=O) groups is 1. The Morgan fingerprint density at radius 2 is 2.20 bits per heavy atom. The van der Waals surface area contributed by atoms with Crippen LogP contribution in [0.4, 0.5) is 0 Å². The van der Waals surface area contributed by atoms with Gasteiger partial charge in [0, 0.05) is 6.42 Å². The minimum Gasteiger partial charge on any atom is -0.465 e. The summed E-state index contributed by atoms with van der Waals surface area (Å²) in [6.07, 6.45) is -0.164. The number of carbonyl (C=O) groups excluding carboxylic acids is 1. The second-order valence-corrected chi connectivity index (χ2v) is 6.81. The molecule has 25 heavy (non-hydrogen) atoms. The van der Waals surface area contributed by atoms with E-state index in [4.69, 9.17) is 17.0 Å². The van der Waals surface area contributed by atoms with E-state index in [0.29, 0.717) is 24.4 Å². The number of hydrogen-bond acceptors (Lipinski definition) is 6. The molecular weight excluding hydrogens is 342 g/mol. The van der Waals surface area contributed by atoms with Crippen molar-refractivity contribution in [3.63, 3.8) is 0 Å². The summed E-state index contributed by atoms with van der Waals surface area (Å²) in [5, 5.41) is 18.2. The highest BCUT2D eigenvalue weighted by atomic mass is 32.1. The molecule has 0 radical (unpaired) electrons. The molecule has 8 nitrogen and oxygen atoms in total. The van der Waals surface area contributed by atoms with Crippen LogP contribution in [-0.4, -0.2) is 56.7 Å². The van der Waals surface area contributed by atoms with Crippen LogP contribution in [-0.2, 0) is 16.2 Å². The number of tetrazole rings is 1. The minimum absolute atomic E-state index is 0.333. The Labute approximate surface area is 150 Å². The average molecular weight is 364 g/mol. The number of aryl methyl sites for hydroxylation is 2. The summed E-state index contributed by atoms with van der Waals surface area (Å²) in [6.45, 7) is 4.82. The number of benzene rings is 1. The Morgan fingerprint density at radius 1 is 1.44 bits per heavy atom. The highest BCUT2D eigenvalue weighted by Gasteiger charge is 2.41. The van der Waals surface area contributed by atoms with E-state index in [1.54, 1.807) is 9.36 Å². The molecule has 1 aliphatic heterocycles. The normalized spacial score (nSPS) is 23.0. The third kappa shape index (κ3) is 3.48. The summed E-state index contributed by atoms with van der Waals surface area (Å²) in [7, 11) is 1.35. The molecule has 0 bridgehead atoms. The zero-order valence-electron chi connectivity index (χ0n) is 14.5. The number of aromatic nitrogens is 4. The quantitative estimate of drug-likeness (QED) is 0.565. The predicted octanol–water partition coefficient (Wildman–Crippen LogP) is -0.436. The van der Waals surface area contributed by atoms with Gasteiger partial charge in [-0.05, 0) is 48.1 Å². The highest BCUT2D eigenvalue weighted by Crippen LogP contribution is 2.14. The molecule has 1 aromatic carbocycles. The van der Waals surface area contributed by atoms with E-state index in [1.165, 1.54) is 7.11 Å². The summed E-state index contributed by atoms with van der Waals surface area (Å²) < 4.78 is 8.48. The molecule has 1 unspecified atom stereocenters. The molecule has 3 rings (SSSR count). The van der Waals surface area contributed by atoms with Crippen LogP contribution in [0.15, 0.2) is 18.2 Å². The number of likely N-dealkylation sites (tertiary alicyclic amines) is 1. The van der Waals surface area contributed by atoms with E-state index < -0.39 is 12.1 Å². The Kier molecular flexibility index (Phi) is 4.98. The van der Waals surface area contributed by atoms with Crippen LogP contribution in [0.25, 0.3) is 5.69 Å². The van der Waals surface area contributed by atoms with Crippen LogP contribution in [0.1, 0.15) is 17.5 Å². The van der Waals surface area contributed by atoms with Crippen molar-refractivity contribution in [2.45, 2.75) is 39.1 Å². The van der Waals surface area contributed by atoms with Crippen molar-refractivity contribution >= 4 is 18.2 Å². The number of aliphatic hydroxyl groups excluding tert-OH is 1. The van der Waals surface area contributed by atoms with Crippen molar-refractivity contribution < 1.29 is 19.5 Å². The predicted molar refractivity (Wildman–Crippen MR) is 91.9 cm³/mol. The second-order valence-electron chi connectivity index (χ2n) is 6.45. The molecule has 1 fully saturated rings. The van der Waals surface area contributed by atoms with Gasteiger partial charge in [0.25, 0.3) is 0 Å². The molecular formula is C16H22N5O3S+. The third-order valence-electron chi connectivity index (χ3n) is 4.56. The zero-order chi connectivity index (χ0) is 18.1. The van der Waals surface area contributed by atoms with Gasteiger partial charge in [-0.25, -0.2) is 4.79 Å². The summed E-state index contributed by atoms with van der Waals surface area (Å²) in [5.41, 5.74) is 3.10. The van der Waals surface area contributed by atoms with Crippen LogP contribution in [0.2, 0.25) is 0 Å². The van der Waals surface area contributed by atoms with Gasteiger partial charge in [-0.2, -0.15) is 9.36 Å². The fraction of sp³-hybridized carbons (Fsp3) is 0.500. The number of methoxy groups -OCH3 is 1. The number of aliphatic hydroxyl groups is 1. The molecule has 2 heterocycles. The van der Waals surface area contributed by atoms with E-state index in [0.717, 1.165) is 21.7 Å². The van der Waals surface area contributed by atoms with Crippen molar-refractivity contribution in [3.05, 3.63) is 34.1 Å². The maximum absolute atomic E-state index is 11.9. The fourth-order valence-electron chi connectivity index (χ4n) is 3.31. The molecule has 1 aromatic heterocycles. The fourth-order valence-corrected chi connectivity index (χ4v) is 3.54. The largest absolute Gasteiger partial charge is 0.465 e. The number of quaternary nitrogens is 1. The maximum Gasteiger partial charge on any atom is 0.364 e. The SMILES string of the molecule is COC(=O)[C@@H]1C[C@H](O)C[NH+]1Cn1nnn(-c2ccc(C)cc2C)c1=S. The first-order valence-electron chi connectivity index (χ1n) is 8.11. The lowest BCUT2D eigenvalue weighted by atomic mass is 10.1. The van der Waals surface area contributed by atoms with E-state index in [1.807, 2.05) is 26.0 Å². The zero-order valence-corrected chi connectivity index (χ0v) is 15.3. The van der Waals surface area contributed by atoms with E-state index in [2.05, 4.69) is 16.5 Å². The molecule has 0 saturated carbocycles. The van der Waals surface area contributed by atoms with E-state index >= 15 is 0 Å². The summed E-state index contributed by atoms with van der Waals surface area (Å²) in [6, 6.07) is 5.60. The van der Waals surface area contributed by atoms with Gasteiger partial charge < -0.3 is 14.7 Å². The first-order valence-corrected chi connectivity index (χ1v) is 8.52. The monoisotopic (exact) mass is 364 g/mol. The molecule has 9 heteroatoms. The van der Waals surface area contributed by atoms with E-state index in [-0.39, 0.29) is 5.97 Å². The number of nitrogens with zero attached hydrogens (tertiary/aromatic N) is 4. The molecule has 2 N–H and O–H groups in total. The molecule has 0 aliphatic carbocycles. The van der Waals surface area contributed by atoms with Crippen LogP contribution in [0, 0.1) is 18.6 Å². The first-order chi connectivity index (χ1) is 11.9. The lowest BCUT2D eigenvalue weighted by Gasteiger charge is -2.18. The number of esters is 1. The molecule has 134 valence electrons. The molecule has 1 aliphatic rings. The summed E-state index contributed by atoms with van der Waals surface area (Å²) in [4.78, 5) is 12.8. The lowest BCUT2D eigenvalue weighted by Crippen LogP contribution is -3.14. The number of hydrogen-bond donors (Lipinski definition) is 2. The summed E-state index contributed by atoms with van der Waals surface area (Å²) >= 11 is 5.51. The number of ether oxygens (including phenoxy) is 1. The van der Waals surface area contributed by atoms with Crippen LogP contribution >= 0.6 is 12.2 Å². The van der Waals surface area contributed by atoms with Gasteiger partial charge in [-0.15, -0.1) is 0 Å². The Hall–Kier alpha value is -2.10. The Morgan fingerprint density at radius 3 is 2.88 bits per heavy atom. The van der Waals surface area contributed by atoms with Gasteiger partial charge in [-0.1, -0.05) is 17.7 Å². The van der Waals surface area contributed by atoms with Crippen molar-refractivity contribution in [2.75, 3.05) is 13.7 Å². The van der Waals surface area contributed by atoms with Crippen LogP contribution in [0.5, 0.6) is 0 Å². The maximum atomic E-state index is 11.9. The Bertz CT molecular complexity index is 847. The first kappa shape index (κ1) is 17.7. The molecule has 3 atom stereocenters. The molecule has 1 saturated heterocycles. The van der Waals surface area contributed by atoms with Crippen LogP contribution < -0.4 is 4.90 Å². The van der Waals surface area contributed by atoms with Crippen molar-refractivity contribution in [1.82, 2.24) is 19.8 Å². The smallest absolute Gasteiger partial charge is 0.364 e. The van der Waals surface area contributed by atoms with Crippen molar-refractivity contribution in [3.8, 4) is 5.69 Å². The van der Waals surface area contributed by atoms with Gasteiger partial charge in [0.15, 0.2) is 12.7 Å². The minimum atomic E-state index is -0.539. The number of rotatable bonds is 4. The van der Waals surface area contributed by atoms with Crippen molar-refractivity contribution in [1.29, 1.82) is 0 Å². The van der Waals surface area contributed by atoms with Gasteiger partial charge in [0.05, 0.1) is 12.8 Å². The second kappa shape index (κ2) is 7.03. The van der Waals surface area contributed by atoms with Gasteiger partial charge >= 0.3 is 5.97 Å². The number of nitrogens with one attached hydrogen (secondary N) is 1. The average Bonchev–Trinajstić information content (AvgIpc) is 3.11. The molecule has 2 aromatic rings. The van der Waals surface area contributed by atoms with Gasteiger partial charge in [0.1, 0.15) is 12.6 Å². The molecule has 0 spiro atoms. The van der Waals surface area contributed by atoms with Gasteiger partial charge in [-0.3, -0.25) is 0 Å². The standard InChI is InChI=1S/C16H21N5O3S/c1-10-4-5-13(11(2)6-10)21-16(25)20(17-18-21)9-19-8-12(22)7-14(19)15(23)24-3/h4-6,12,14,22H,7-9H2,1-3H3/p+1/t12-,14-/m0/s1. The van der Waals surface area contributed by atoms with Crippen LogP contribution in [0.3, 0.4) is 0 Å². The van der Waals surface area contributed by atoms with Crippen molar-refractivity contribution in [2.24, 2.45) is 0 Å². The van der Waals surface area contributed by atoms with E-state index in [9.17, 15) is 9.90 Å².